The first kappa shape index (κ1) is 21.1. The average Bonchev–Trinajstić information content (AvgIpc) is 3.01. The number of nitrogens with zero attached hydrogens (tertiary/aromatic N) is 5. The van der Waals surface area contributed by atoms with Crippen LogP contribution in [-0.2, 0) is 6.54 Å². The van der Waals surface area contributed by atoms with Gasteiger partial charge in [-0.1, -0.05) is 48.0 Å². The monoisotopic (exact) mass is 418 g/mol. The van der Waals surface area contributed by atoms with E-state index in [1.54, 1.807) is 11.9 Å². The van der Waals surface area contributed by atoms with Gasteiger partial charge >= 0.3 is 0 Å². The fraction of sp³-hybridized carbons (Fsp3) is 0.375. The summed E-state index contributed by atoms with van der Waals surface area (Å²) in [5.41, 5.74) is 2.05. The predicted octanol–water partition coefficient (Wildman–Crippen LogP) is 3.47. The van der Waals surface area contributed by atoms with Gasteiger partial charge in [0.05, 0.1) is 5.69 Å². The molecule has 1 aliphatic rings. The molecular weight excluding hydrogens is 388 g/mol. The number of hydrogen-bond acceptors (Lipinski definition) is 5. The van der Waals surface area contributed by atoms with E-state index >= 15 is 0 Å². The van der Waals surface area contributed by atoms with Crippen molar-refractivity contribution in [1.82, 2.24) is 20.1 Å². The van der Waals surface area contributed by atoms with Crippen molar-refractivity contribution >= 4 is 28.3 Å². The Morgan fingerprint density at radius 3 is 2.74 bits per heavy atom. The molecule has 3 aromatic rings. The second kappa shape index (κ2) is 9.31. The second-order valence-corrected chi connectivity index (χ2v) is 8.17. The molecule has 1 N–H and O–H groups in total. The van der Waals surface area contributed by atoms with E-state index in [1.807, 2.05) is 34.9 Å². The van der Waals surface area contributed by atoms with Crippen LogP contribution in [0.3, 0.4) is 0 Å². The number of fused-ring (bicyclic) bond motifs is 1. The maximum Gasteiger partial charge on any atom is 0.296 e. The van der Waals surface area contributed by atoms with Crippen LogP contribution in [0, 0.1) is 0 Å². The van der Waals surface area contributed by atoms with Gasteiger partial charge < -0.3 is 15.1 Å². The second-order valence-electron chi connectivity index (χ2n) is 8.17. The molecule has 2 aromatic carbocycles. The van der Waals surface area contributed by atoms with Crippen LogP contribution in [0.25, 0.3) is 10.8 Å². The zero-order chi connectivity index (χ0) is 21.8. The largest absolute Gasteiger partial charge is 0.340 e. The molecule has 0 unspecified atom stereocenters. The summed E-state index contributed by atoms with van der Waals surface area (Å²) >= 11 is 0. The summed E-state index contributed by atoms with van der Waals surface area (Å²) < 4.78 is 1.95. The van der Waals surface area contributed by atoms with Crippen LogP contribution in [0.15, 0.2) is 54.1 Å². The van der Waals surface area contributed by atoms with Crippen LogP contribution in [0.5, 0.6) is 0 Å². The van der Waals surface area contributed by atoms with E-state index < -0.39 is 0 Å². The lowest BCUT2D eigenvalue weighted by molar-refractivity contribution is 0.0979. The van der Waals surface area contributed by atoms with Crippen molar-refractivity contribution in [2.45, 2.75) is 26.8 Å². The van der Waals surface area contributed by atoms with Gasteiger partial charge in [-0.25, -0.2) is 0 Å². The molecule has 0 aliphatic carbocycles. The number of carbonyl (C=O) groups excluding carboxylic acids is 1. The number of carbonyl (C=O) groups is 1. The molecule has 7 heteroatoms. The Morgan fingerprint density at radius 1 is 1.10 bits per heavy atom. The first-order valence-electron chi connectivity index (χ1n) is 10.8. The van der Waals surface area contributed by atoms with Crippen LogP contribution in [0.2, 0.25) is 0 Å². The van der Waals surface area contributed by atoms with Gasteiger partial charge in [-0.05, 0) is 38.3 Å². The normalized spacial score (nSPS) is 14.4. The molecule has 1 amide bonds. The molecule has 0 spiro atoms. The van der Waals surface area contributed by atoms with Gasteiger partial charge in [0.15, 0.2) is 0 Å². The maximum absolute atomic E-state index is 13.6. The predicted molar refractivity (Wildman–Crippen MR) is 126 cm³/mol. The number of rotatable bonds is 5. The van der Waals surface area contributed by atoms with Crippen LogP contribution in [0.1, 0.15) is 30.9 Å². The third-order valence-corrected chi connectivity index (χ3v) is 5.66. The van der Waals surface area contributed by atoms with Gasteiger partial charge in [-0.3, -0.25) is 9.36 Å². The number of nitrogens with one attached hydrogen (secondary N) is 1. The summed E-state index contributed by atoms with van der Waals surface area (Å²) in [6.45, 7) is 8.32. The highest BCUT2D eigenvalue weighted by Crippen LogP contribution is 2.27. The van der Waals surface area contributed by atoms with Crippen molar-refractivity contribution < 1.29 is 4.79 Å². The van der Waals surface area contributed by atoms with Crippen molar-refractivity contribution in [2.24, 2.45) is 0 Å². The van der Waals surface area contributed by atoms with Gasteiger partial charge in [0.25, 0.3) is 5.91 Å². The maximum atomic E-state index is 13.6. The van der Waals surface area contributed by atoms with Gasteiger partial charge in [0.2, 0.25) is 11.8 Å². The zero-order valence-corrected chi connectivity index (χ0v) is 18.5. The Kier molecular flexibility index (Phi) is 6.32. The molecule has 0 bridgehead atoms. The molecule has 1 saturated heterocycles. The highest BCUT2D eigenvalue weighted by molar-refractivity contribution is 6.09. The number of allylic oxidation sites excluding steroid dienone is 2. The van der Waals surface area contributed by atoms with E-state index in [0.29, 0.717) is 12.4 Å². The zero-order valence-electron chi connectivity index (χ0n) is 18.5. The highest BCUT2D eigenvalue weighted by atomic mass is 16.2. The molecule has 0 atom stereocenters. The number of aromatic nitrogens is 3. The number of anilines is 2. The van der Waals surface area contributed by atoms with Crippen LogP contribution >= 0.6 is 0 Å². The van der Waals surface area contributed by atoms with Gasteiger partial charge in [-0.2, -0.15) is 0 Å². The summed E-state index contributed by atoms with van der Waals surface area (Å²) in [4.78, 5) is 17.5. The lowest BCUT2D eigenvalue weighted by atomic mass is 10.1. The van der Waals surface area contributed by atoms with E-state index in [-0.39, 0.29) is 5.91 Å². The summed E-state index contributed by atoms with van der Waals surface area (Å²) in [6.07, 6.45) is 3.15. The summed E-state index contributed by atoms with van der Waals surface area (Å²) in [5, 5.41) is 14.4. The molecule has 7 nitrogen and oxygen atoms in total. The molecule has 4 rings (SSSR count). The number of benzene rings is 2. The van der Waals surface area contributed by atoms with E-state index in [9.17, 15) is 4.79 Å². The van der Waals surface area contributed by atoms with Crippen molar-refractivity contribution in [3.8, 4) is 0 Å². The van der Waals surface area contributed by atoms with Crippen molar-refractivity contribution in [3.63, 3.8) is 0 Å². The van der Waals surface area contributed by atoms with Crippen molar-refractivity contribution in [3.05, 3.63) is 59.9 Å². The number of amides is 1. The van der Waals surface area contributed by atoms with E-state index in [4.69, 9.17) is 0 Å². The fourth-order valence-corrected chi connectivity index (χ4v) is 3.93. The lowest BCUT2D eigenvalue weighted by Gasteiger charge is -2.23. The minimum Gasteiger partial charge on any atom is -0.340 e. The van der Waals surface area contributed by atoms with E-state index in [2.05, 4.69) is 52.5 Å². The molecule has 31 heavy (non-hydrogen) atoms. The average molecular weight is 419 g/mol. The van der Waals surface area contributed by atoms with E-state index in [1.165, 1.54) is 5.57 Å². The lowest BCUT2D eigenvalue weighted by Crippen LogP contribution is -2.32. The van der Waals surface area contributed by atoms with Gasteiger partial charge in [0, 0.05) is 38.6 Å². The van der Waals surface area contributed by atoms with Crippen LogP contribution in [0.4, 0.5) is 11.6 Å². The molecule has 162 valence electrons. The molecule has 1 fully saturated rings. The summed E-state index contributed by atoms with van der Waals surface area (Å²) in [5.74, 6) is 0.959. The molecule has 1 aliphatic heterocycles. The molecule has 2 heterocycles. The highest BCUT2D eigenvalue weighted by Gasteiger charge is 2.26. The summed E-state index contributed by atoms with van der Waals surface area (Å²) in [6, 6.07) is 14.1. The smallest absolute Gasteiger partial charge is 0.296 e. The first-order valence-corrected chi connectivity index (χ1v) is 10.8. The molecular formula is C24H30N6O. The van der Waals surface area contributed by atoms with Crippen LogP contribution < -0.4 is 15.1 Å². The Labute approximate surface area is 183 Å². The standard InChI is InChI=1S/C24H30N6O/c1-18(2)12-16-30-22(26-27-24(30)29-15-7-13-25-14-17-29)23(31)28(3)21-11-6-9-19-8-4-5-10-20(19)21/h4-6,8-12,25H,7,13-17H2,1-3H3. The van der Waals surface area contributed by atoms with Crippen LogP contribution in [-0.4, -0.2) is 53.9 Å². The van der Waals surface area contributed by atoms with Crippen molar-refractivity contribution in [2.75, 3.05) is 43.0 Å². The molecule has 0 saturated carbocycles. The minimum atomic E-state index is -0.162. The Balaban J connectivity index is 1.72. The Morgan fingerprint density at radius 2 is 1.90 bits per heavy atom. The molecule has 0 radical (unpaired) electrons. The Bertz CT molecular complexity index is 1090. The summed E-state index contributed by atoms with van der Waals surface area (Å²) in [7, 11) is 1.81. The topological polar surface area (TPSA) is 66.3 Å². The third kappa shape index (κ3) is 4.46. The Hall–Kier alpha value is -3.19. The molecule has 1 aromatic heterocycles. The van der Waals surface area contributed by atoms with Crippen molar-refractivity contribution in [1.29, 1.82) is 0 Å². The van der Waals surface area contributed by atoms with Gasteiger partial charge in [-0.15, -0.1) is 10.2 Å². The third-order valence-electron chi connectivity index (χ3n) is 5.66. The fourth-order valence-electron chi connectivity index (χ4n) is 3.93. The quantitative estimate of drug-likeness (QED) is 0.643. The van der Waals surface area contributed by atoms with Gasteiger partial charge in [0.1, 0.15) is 0 Å². The number of hydrogen-bond donors (Lipinski definition) is 1. The SMILES string of the molecule is CC(C)=CCn1c(C(=O)N(C)c2cccc3ccccc23)nnc1N1CCCNCC1. The minimum absolute atomic E-state index is 0.162. The first-order chi connectivity index (χ1) is 15.1. The van der Waals surface area contributed by atoms with E-state index in [0.717, 1.165) is 55.0 Å².